The predicted molar refractivity (Wildman–Crippen MR) is 125 cm³/mol. The lowest BCUT2D eigenvalue weighted by molar-refractivity contribution is -0.141. The highest BCUT2D eigenvalue weighted by atomic mass is 32.2. The fraction of sp³-hybridized carbons (Fsp3) is 0.391. The topological polar surface area (TPSA) is 98.8 Å². The lowest BCUT2D eigenvalue weighted by Crippen LogP contribution is -2.47. The normalized spacial score (nSPS) is 20.5. The highest BCUT2D eigenvalue weighted by Gasteiger charge is 2.47. The molecule has 1 fully saturated rings. The second-order valence-electron chi connectivity index (χ2n) is 9.13. The number of aromatic amines is 1. The van der Waals surface area contributed by atoms with E-state index in [2.05, 4.69) is 42.9 Å². The van der Waals surface area contributed by atoms with Crippen molar-refractivity contribution in [3.63, 3.8) is 0 Å². The molecule has 2 aliphatic rings. The molecule has 1 aromatic carbocycles. The Morgan fingerprint density at radius 1 is 1.23 bits per heavy atom. The van der Waals surface area contributed by atoms with Gasteiger partial charge < -0.3 is 15.5 Å². The number of thioether (sulfide) groups is 1. The number of H-pyrrole nitrogens is 1. The van der Waals surface area contributed by atoms with Crippen molar-refractivity contribution in [2.45, 2.75) is 55.6 Å². The van der Waals surface area contributed by atoms with Crippen molar-refractivity contribution in [3.05, 3.63) is 58.9 Å². The van der Waals surface area contributed by atoms with Gasteiger partial charge in [0.15, 0.2) is 16.7 Å². The van der Waals surface area contributed by atoms with Gasteiger partial charge in [0, 0.05) is 23.6 Å². The minimum absolute atomic E-state index is 0.00626. The molecule has 1 saturated carbocycles. The van der Waals surface area contributed by atoms with E-state index in [9.17, 15) is 18.0 Å². The van der Waals surface area contributed by atoms with Crippen LogP contribution in [0.3, 0.4) is 0 Å². The van der Waals surface area contributed by atoms with Crippen LogP contribution >= 0.6 is 11.8 Å². The summed E-state index contributed by atoms with van der Waals surface area (Å²) in [7, 11) is 0. The fourth-order valence-electron chi connectivity index (χ4n) is 4.45. The average molecular weight is 504 g/mol. The minimum Gasteiger partial charge on any atom is -0.335 e. The van der Waals surface area contributed by atoms with Crippen LogP contribution in [-0.4, -0.2) is 43.4 Å². The van der Waals surface area contributed by atoms with Gasteiger partial charge in [0.05, 0.1) is 17.8 Å². The minimum atomic E-state index is -4.60. The largest absolute Gasteiger partial charge is 0.433 e. The summed E-state index contributed by atoms with van der Waals surface area (Å²) in [6.07, 6.45) is -2.11. The Bertz CT molecular complexity index is 1260. The third kappa shape index (κ3) is 4.42. The van der Waals surface area contributed by atoms with Crippen LogP contribution in [0.25, 0.3) is 0 Å². The average Bonchev–Trinajstić information content (AvgIpc) is 3.37. The number of carbonyl (C=O) groups excluding carboxylic acids is 1. The van der Waals surface area contributed by atoms with E-state index < -0.39 is 17.4 Å². The summed E-state index contributed by atoms with van der Waals surface area (Å²) in [6, 6.07) is 10.8. The maximum Gasteiger partial charge on any atom is 0.433 e. The highest BCUT2D eigenvalue weighted by Crippen LogP contribution is 2.44. The van der Waals surface area contributed by atoms with Gasteiger partial charge in [-0.05, 0) is 32.1 Å². The molecule has 0 unspecified atom stereocenters. The monoisotopic (exact) mass is 503 g/mol. The smallest absolute Gasteiger partial charge is 0.335 e. The van der Waals surface area contributed by atoms with E-state index >= 15 is 0 Å². The van der Waals surface area contributed by atoms with Gasteiger partial charge >= 0.3 is 12.2 Å². The number of hydrogen-bond acceptors (Lipinski definition) is 6. The van der Waals surface area contributed by atoms with Gasteiger partial charge in [0.25, 0.3) is 0 Å². The molecular formula is C23H24F3N7OS. The molecule has 0 spiro atoms. The van der Waals surface area contributed by atoms with Crippen molar-refractivity contribution in [3.8, 4) is 0 Å². The molecule has 12 heteroatoms. The summed E-state index contributed by atoms with van der Waals surface area (Å²) >= 11 is 1.01. The Kier molecular flexibility index (Phi) is 5.65. The number of alkyl halides is 3. The summed E-state index contributed by atoms with van der Waals surface area (Å²) in [5.74, 6) is 0.611. The number of nitrogens with zero attached hydrogens (tertiary/aromatic N) is 4. The summed E-state index contributed by atoms with van der Waals surface area (Å²) in [5, 5.41) is 13.2. The van der Waals surface area contributed by atoms with Crippen LogP contribution in [0.15, 0.2) is 41.6 Å². The van der Waals surface area contributed by atoms with E-state index in [1.165, 1.54) is 5.56 Å². The number of rotatable bonds is 5. The van der Waals surface area contributed by atoms with Crippen LogP contribution in [0.1, 0.15) is 48.7 Å². The highest BCUT2D eigenvalue weighted by molar-refractivity contribution is 7.98. The van der Waals surface area contributed by atoms with E-state index in [4.69, 9.17) is 0 Å². The number of carbonyl (C=O) groups is 1. The van der Waals surface area contributed by atoms with Crippen LogP contribution in [-0.2, 0) is 18.3 Å². The van der Waals surface area contributed by atoms with E-state index in [0.29, 0.717) is 17.3 Å². The molecule has 1 aliphatic carbocycles. The number of benzene rings is 1. The molecule has 2 amide bonds. The van der Waals surface area contributed by atoms with Gasteiger partial charge in [-0.2, -0.15) is 18.3 Å². The molecule has 2 aromatic heterocycles. The van der Waals surface area contributed by atoms with Crippen molar-refractivity contribution in [1.29, 1.82) is 0 Å². The van der Waals surface area contributed by atoms with Crippen LogP contribution in [0.5, 0.6) is 0 Å². The van der Waals surface area contributed by atoms with Crippen molar-refractivity contribution < 1.29 is 18.0 Å². The molecule has 35 heavy (non-hydrogen) atoms. The van der Waals surface area contributed by atoms with Crippen LogP contribution in [0.4, 0.5) is 29.6 Å². The van der Waals surface area contributed by atoms with Gasteiger partial charge in [-0.25, -0.2) is 14.8 Å². The molecule has 8 nitrogen and oxygen atoms in total. The Labute approximate surface area is 204 Å². The molecule has 0 radical (unpaired) electrons. The quantitative estimate of drug-likeness (QED) is 0.335. The number of hydrogen-bond donors (Lipinski definition) is 3. The molecule has 3 aromatic rings. The number of amides is 2. The number of urea groups is 1. The number of nitrogens with one attached hydrogen (secondary N) is 3. The molecule has 3 N–H and O–H groups in total. The maximum atomic E-state index is 13.3. The van der Waals surface area contributed by atoms with E-state index in [0.717, 1.165) is 29.9 Å². The SMILES string of the molecule is CSc1nc(Nc2n[nH]c3c2CN(C(=O)N[C@H]2C[C@@H]2c2ccccc2)C3(C)C)cc(C(F)(F)F)n1. The van der Waals surface area contributed by atoms with E-state index in [-0.39, 0.29) is 29.6 Å². The van der Waals surface area contributed by atoms with Crippen molar-refractivity contribution in [2.75, 3.05) is 11.6 Å². The molecule has 1 aliphatic heterocycles. The summed E-state index contributed by atoms with van der Waals surface area (Å²) in [4.78, 5) is 22.6. The zero-order valence-corrected chi connectivity index (χ0v) is 20.1. The molecule has 5 rings (SSSR count). The molecule has 184 valence electrons. The van der Waals surface area contributed by atoms with Crippen LogP contribution in [0.2, 0.25) is 0 Å². The second-order valence-corrected chi connectivity index (χ2v) is 9.90. The Hall–Kier alpha value is -3.28. The van der Waals surface area contributed by atoms with Crippen LogP contribution in [0, 0.1) is 0 Å². The lowest BCUT2D eigenvalue weighted by atomic mass is 10.0. The first kappa shape index (κ1) is 23.5. The molecule has 0 bridgehead atoms. The zero-order valence-electron chi connectivity index (χ0n) is 19.3. The fourth-order valence-corrected chi connectivity index (χ4v) is 4.83. The molecule has 2 atom stereocenters. The van der Waals surface area contributed by atoms with Crippen molar-refractivity contribution >= 4 is 29.4 Å². The second kappa shape index (κ2) is 8.43. The van der Waals surface area contributed by atoms with E-state index in [1.807, 2.05) is 32.0 Å². The van der Waals surface area contributed by atoms with Gasteiger partial charge in [0.1, 0.15) is 5.82 Å². The van der Waals surface area contributed by atoms with Crippen molar-refractivity contribution in [2.24, 2.45) is 0 Å². The van der Waals surface area contributed by atoms with Crippen LogP contribution < -0.4 is 10.6 Å². The molecular weight excluding hydrogens is 479 g/mol. The first-order valence-electron chi connectivity index (χ1n) is 11.1. The summed E-state index contributed by atoms with van der Waals surface area (Å²) < 4.78 is 39.8. The number of aromatic nitrogens is 4. The molecule has 3 heterocycles. The molecule has 0 saturated heterocycles. The Balaban J connectivity index is 1.33. The number of halogens is 3. The number of anilines is 2. The predicted octanol–water partition coefficient (Wildman–Crippen LogP) is 5.00. The Morgan fingerprint density at radius 3 is 2.66 bits per heavy atom. The number of fused-ring (bicyclic) bond motifs is 1. The van der Waals surface area contributed by atoms with Gasteiger partial charge in [-0.3, -0.25) is 5.10 Å². The third-order valence-corrected chi connectivity index (χ3v) is 7.01. The van der Waals surface area contributed by atoms with Gasteiger partial charge in [-0.1, -0.05) is 42.1 Å². The summed E-state index contributed by atoms with van der Waals surface area (Å²) in [6.45, 7) is 4.06. The maximum absolute atomic E-state index is 13.3. The first-order chi connectivity index (χ1) is 16.6. The zero-order chi connectivity index (χ0) is 25.0. The Morgan fingerprint density at radius 2 is 1.97 bits per heavy atom. The standard InChI is InChI=1S/C23H24F3N7OS/c1-22(2)18-14(11-33(22)21(34)27-15-9-13(15)12-7-5-4-6-8-12)19(32-31-18)29-17-10-16(23(24,25)26)28-20(30-17)35-3/h4-8,10,13,15H,9,11H2,1-3H3,(H,27,34)(H2,28,29,30,31,32)/t13-,15+/m1/s1. The summed E-state index contributed by atoms with van der Waals surface area (Å²) in [5.41, 5.74) is 0.910. The van der Waals surface area contributed by atoms with Gasteiger partial charge in [-0.15, -0.1) is 0 Å². The van der Waals surface area contributed by atoms with Gasteiger partial charge in [0.2, 0.25) is 0 Å². The first-order valence-corrected chi connectivity index (χ1v) is 12.3. The third-order valence-electron chi connectivity index (χ3n) is 6.47. The van der Waals surface area contributed by atoms with Crippen molar-refractivity contribution in [1.82, 2.24) is 30.4 Å². The lowest BCUT2D eigenvalue weighted by Gasteiger charge is -2.32. The van der Waals surface area contributed by atoms with E-state index in [1.54, 1.807) is 11.2 Å².